The average molecular weight is 522 g/mol. The molecule has 4 aromatic rings. The van der Waals surface area contributed by atoms with Gasteiger partial charge in [0.15, 0.2) is 0 Å². The van der Waals surface area contributed by atoms with Crippen LogP contribution in [-0.4, -0.2) is 28.6 Å². The van der Waals surface area contributed by atoms with Gasteiger partial charge in [0.1, 0.15) is 5.69 Å². The second kappa shape index (κ2) is 9.53. The van der Waals surface area contributed by atoms with E-state index in [0.717, 1.165) is 40.2 Å². The number of hydrogen-bond acceptors (Lipinski definition) is 5. The maximum Gasteiger partial charge on any atom is 0.276 e. The van der Waals surface area contributed by atoms with Crippen LogP contribution in [0.15, 0.2) is 79.4 Å². The molecule has 0 saturated heterocycles. The second-order valence-corrected chi connectivity index (χ2v) is 11.7. The van der Waals surface area contributed by atoms with Crippen molar-refractivity contribution in [2.75, 3.05) is 11.4 Å². The molecule has 0 atom stereocenters. The van der Waals surface area contributed by atoms with E-state index in [1.807, 2.05) is 59.5 Å². The number of rotatable bonds is 6. The quantitative estimate of drug-likeness (QED) is 0.299. The number of aliphatic hydroxyl groups is 1. The number of anilines is 1. The molecular formula is C32H31N3O2S. The standard InChI is InChI=1S/C32H31N3O2S/c1-20(33-24-15-16-24)29-19-22-17-18-35(28-10-5-4-7-25(28)30(22)38-29)31(36)27-9-6-8-26(34-27)21-11-13-23(14-12-21)32(2,3)37/h4-14,19,24,33,37H,1,15-18H2,2-3H3. The number of carbonyl (C=O) groups is 1. The number of carbonyl (C=O) groups excluding carboxylic acids is 1. The minimum absolute atomic E-state index is 0.109. The van der Waals surface area contributed by atoms with E-state index in [1.165, 1.54) is 28.2 Å². The van der Waals surface area contributed by atoms with E-state index in [-0.39, 0.29) is 5.91 Å². The van der Waals surface area contributed by atoms with Crippen LogP contribution in [-0.2, 0) is 12.0 Å². The molecular weight excluding hydrogens is 490 g/mol. The summed E-state index contributed by atoms with van der Waals surface area (Å²) >= 11 is 1.75. The highest BCUT2D eigenvalue weighted by atomic mass is 32.1. The first-order valence-electron chi connectivity index (χ1n) is 13.1. The molecule has 1 aliphatic carbocycles. The van der Waals surface area contributed by atoms with Gasteiger partial charge in [-0.1, -0.05) is 55.1 Å². The molecule has 38 heavy (non-hydrogen) atoms. The first kappa shape index (κ1) is 24.6. The van der Waals surface area contributed by atoms with Crippen molar-refractivity contribution in [1.29, 1.82) is 0 Å². The normalized spacial score (nSPS) is 14.9. The van der Waals surface area contributed by atoms with Crippen LogP contribution in [0, 0.1) is 0 Å². The predicted molar refractivity (Wildman–Crippen MR) is 155 cm³/mol. The Morgan fingerprint density at radius 3 is 2.58 bits per heavy atom. The van der Waals surface area contributed by atoms with Gasteiger partial charge in [0.05, 0.1) is 21.9 Å². The molecule has 1 amide bonds. The number of nitrogens with one attached hydrogen (secondary N) is 1. The Balaban J connectivity index is 1.30. The van der Waals surface area contributed by atoms with Gasteiger partial charge in [0, 0.05) is 34.3 Å². The zero-order valence-corrected chi connectivity index (χ0v) is 22.5. The van der Waals surface area contributed by atoms with Crippen LogP contribution >= 0.6 is 11.3 Å². The van der Waals surface area contributed by atoms with Crippen LogP contribution in [0.4, 0.5) is 5.69 Å². The number of amides is 1. The monoisotopic (exact) mass is 521 g/mol. The highest BCUT2D eigenvalue weighted by Crippen LogP contribution is 2.43. The number of thiophene rings is 1. The maximum absolute atomic E-state index is 13.9. The summed E-state index contributed by atoms with van der Waals surface area (Å²) in [5.74, 6) is -0.109. The van der Waals surface area contributed by atoms with E-state index in [2.05, 4.69) is 24.0 Å². The van der Waals surface area contributed by atoms with Gasteiger partial charge in [0.2, 0.25) is 0 Å². The summed E-state index contributed by atoms with van der Waals surface area (Å²) in [6.07, 6.45) is 3.19. The van der Waals surface area contributed by atoms with Gasteiger partial charge in [-0.05, 0) is 68.5 Å². The molecule has 6 heteroatoms. The van der Waals surface area contributed by atoms with Crippen molar-refractivity contribution in [2.45, 2.75) is 44.8 Å². The van der Waals surface area contributed by atoms with Gasteiger partial charge in [-0.2, -0.15) is 0 Å². The summed E-state index contributed by atoms with van der Waals surface area (Å²) in [7, 11) is 0. The third-order valence-electron chi connectivity index (χ3n) is 7.21. The molecule has 0 unspecified atom stereocenters. The lowest BCUT2D eigenvalue weighted by atomic mass is 9.96. The fourth-order valence-corrected chi connectivity index (χ4v) is 6.08. The molecule has 0 radical (unpaired) electrons. The minimum Gasteiger partial charge on any atom is -0.386 e. The molecule has 6 rings (SSSR count). The van der Waals surface area contributed by atoms with Crippen LogP contribution in [0.25, 0.3) is 27.4 Å². The molecule has 2 aromatic carbocycles. The Morgan fingerprint density at radius 1 is 1.08 bits per heavy atom. The van der Waals surface area contributed by atoms with Crippen LogP contribution in [0.1, 0.15) is 53.2 Å². The van der Waals surface area contributed by atoms with Gasteiger partial charge >= 0.3 is 0 Å². The molecule has 192 valence electrons. The molecule has 3 heterocycles. The van der Waals surface area contributed by atoms with Gasteiger partial charge in [-0.3, -0.25) is 4.79 Å². The molecule has 0 spiro atoms. The summed E-state index contributed by atoms with van der Waals surface area (Å²) in [5, 5.41) is 13.8. The highest BCUT2D eigenvalue weighted by molar-refractivity contribution is 7.16. The average Bonchev–Trinajstić information content (AvgIpc) is 3.66. The SMILES string of the molecule is C=C(NC1CC1)c1cc2c(s1)-c1ccccc1N(C(=O)c1cccc(-c3ccc(C(C)(C)O)cc3)n1)CC2. The van der Waals surface area contributed by atoms with E-state index in [1.54, 1.807) is 31.3 Å². The maximum atomic E-state index is 13.9. The number of hydrogen-bond donors (Lipinski definition) is 2. The van der Waals surface area contributed by atoms with Crippen LogP contribution < -0.4 is 10.2 Å². The minimum atomic E-state index is -0.909. The van der Waals surface area contributed by atoms with Crippen molar-refractivity contribution in [1.82, 2.24) is 10.3 Å². The lowest BCUT2D eigenvalue weighted by molar-refractivity contribution is 0.0786. The number of aromatic nitrogens is 1. The van der Waals surface area contributed by atoms with Gasteiger partial charge < -0.3 is 15.3 Å². The Morgan fingerprint density at radius 2 is 1.84 bits per heavy atom. The van der Waals surface area contributed by atoms with Crippen molar-refractivity contribution < 1.29 is 9.90 Å². The molecule has 1 saturated carbocycles. The zero-order chi connectivity index (χ0) is 26.4. The topological polar surface area (TPSA) is 65.5 Å². The molecule has 2 aliphatic rings. The number of para-hydroxylation sites is 1. The predicted octanol–water partition coefficient (Wildman–Crippen LogP) is 6.63. The lowest BCUT2D eigenvalue weighted by Crippen LogP contribution is -2.33. The molecule has 2 N–H and O–H groups in total. The third-order valence-corrected chi connectivity index (χ3v) is 8.48. The van der Waals surface area contributed by atoms with Crippen LogP contribution in [0.2, 0.25) is 0 Å². The largest absolute Gasteiger partial charge is 0.386 e. The van der Waals surface area contributed by atoms with Crippen molar-refractivity contribution in [2.24, 2.45) is 0 Å². The Bertz CT molecular complexity index is 1530. The van der Waals surface area contributed by atoms with Crippen LogP contribution in [0.5, 0.6) is 0 Å². The summed E-state index contributed by atoms with van der Waals surface area (Å²) in [6, 6.07) is 24.2. The summed E-state index contributed by atoms with van der Waals surface area (Å²) in [5.41, 5.74) is 6.19. The van der Waals surface area contributed by atoms with Crippen molar-refractivity contribution in [3.8, 4) is 21.7 Å². The summed E-state index contributed by atoms with van der Waals surface area (Å²) in [6.45, 7) is 8.38. The fraction of sp³-hybridized carbons (Fsp3) is 0.250. The first-order valence-corrected chi connectivity index (χ1v) is 13.9. The van der Waals surface area contributed by atoms with Crippen LogP contribution in [0.3, 0.4) is 0 Å². The second-order valence-electron chi connectivity index (χ2n) is 10.6. The van der Waals surface area contributed by atoms with E-state index in [4.69, 9.17) is 4.98 Å². The summed E-state index contributed by atoms with van der Waals surface area (Å²) in [4.78, 5) is 22.9. The number of benzene rings is 2. The Labute approximate surface area is 227 Å². The van der Waals surface area contributed by atoms with Crippen molar-refractivity contribution >= 4 is 28.6 Å². The van der Waals surface area contributed by atoms with E-state index >= 15 is 0 Å². The molecule has 1 fully saturated rings. The van der Waals surface area contributed by atoms with Crippen molar-refractivity contribution in [3.05, 3.63) is 101 Å². The Kier molecular flexibility index (Phi) is 6.17. The van der Waals surface area contributed by atoms with E-state index in [0.29, 0.717) is 18.3 Å². The number of nitrogens with zero attached hydrogens (tertiary/aromatic N) is 2. The zero-order valence-electron chi connectivity index (χ0n) is 21.7. The highest BCUT2D eigenvalue weighted by Gasteiger charge is 2.28. The van der Waals surface area contributed by atoms with E-state index in [9.17, 15) is 9.90 Å². The molecule has 5 nitrogen and oxygen atoms in total. The van der Waals surface area contributed by atoms with Gasteiger partial charge in [-0.25, -0.2) is 4.98 Å². The van der Waals surface area contributed by atoms with Crippen molar-refractivity contribution in [3.63, 3.8) is 0 Å². The molecule has 1 aliphatic heterocycles. The molecule has 2 aromatic heterocycles. The fourth-order valence-electron chi connectivity index (χ4n) is 4.90. The van der Waals surface area contributed by atoms with E-state index < -0.39 is 5.60 Å². The lowest BCUT2D eigenvalue weighted by Gasteiger charge is -2.23. The number of pyridine rings is 1. The Hall–Kier alpha value is -3.74. The first-order chi connectivity index (χ1) is 18.3. The number of fused-ring (bicyclic) bond motifs is 3. The van der Waals surface area contributed by atoms with Gasteiger partial charge in [0.25, 0.3) is 5.91 Å². The third kappa shape index (κ3) is 4.77. The molecule has 0 bridgehead atoms. The smallest absolute Gasteiger partial charge is 0.276 e. The van der Waals surface area contributed by atoms with Gasteiger partial charge in [-0.15, -0.1) is 11.3 Å². The summed E-state index contributed by atoms with van der Waals surface area (Å²) < 4.78 is 0.